The standard InChI is InChI=1S/C7H18BN4/c1-8-6(11-2)4-3-5-12-7(9)10/h6,11H,3-5H2,1-2H3,(H4,9,10,12). The summed E-state index contributed by atoms with van der Waals surface area (Å²) in [6.45, 7) is 2.76. The summed E-state index contributed by atoms with van der Waals surface area (Å²) in [5.74, 6) is 0.649. The van der Waals surface area contributed by atoms with Gasteiger partial charge in [-0.1, -0.05) is 6.82 Å². The first-order valence-electron chi connectivity index (χ1n) is 4.22. The van der Waals surface area contributed by atoms with E-state index in [9.17, 15) is 0 Å². The quantitative estimate of drug-likeness (QED) is 0.214. The molecule has 0 aliphatic carbocycles. The Hall–Kier alpha value is -0.705. The summed E-state index contributed by atoms with van der Waals surface area (Å²) in [5.41, 5.74) is 10.4. The maximum absolute atomic E-state index is 5.18. The van der Waals surface area contributed by atoms with E-state index in [1.54, 1.807) is 0 Å². The molecule has 5 heteroatoms. The molecule has 5 N–H and O–H groups in total. The van der Waals surface area contributed by atoms with E-state index in [0.29, 0.717) is 12.5 Å². The van der Waals surface area contributed by atoms with Crippen LogP contribution in [0.4, 0.5) is 0 Å². The van der Waals surface area contributed by atoms with E-state index >= 15 is 0 Å². The lowest BCUT2D eigenvalue weighted by atomic mass is 9.70. The molecule has 0 saturated heterocycles. The van der Waals surface area contributed by atoms with Gasteiger partial charge in [0, 0.05) is 6.54 Å². The van der Waals surface area contributed by atoms with Crippen molar-refractivity contribution in [2.45, 2.75) is 25.6 Å². The largest absolute Gasteiger partial charge is 0.370 e. The molecule has 0 heterocycles. The molecule has 4 nitrogen and oxygen atoms in total. The maximum Gasteiger partial charge on any atom is 0.185 e. The fourth-order valence-electron chi connectivity index (χ4n) is 0.997. The number of nitrogens with zero attached hydrogens (tertiary/aromatic N) is 1. The molecule has 0 aromatic rings. The fraction of sp³-hybridized carbons (Fsp3) is 0.857. The number of guanidine groups is 1. The molecule has 0 aromatic heterocycles. The highest BCUT2D eigenvalue weighted by Crippen LogP contribution is 1.95. The highest BCUT2D eigenvalue weighted by Gasteiger charge is 2.01. The second-order valence-corrected chi connectivity index (χ2v) is 2.68. The smallest absolute Gasteiger partial charge is 0.185 e. The zero-order valence-electron chi connectivity index (χ0n) is 7.88. The van der Waals surface area contributed by atoms with Gasteiger partial charge in [-0.2, -0.15) is 0 Å². The van der Waals surface area contributed by atoms with Gasteiger partial charge < -0.3 is 16.8 Å². The molecule has 69 valence electrons. The van der Waals surface area contributed by atoms with Crippen LogP contribution in [-0.2, 0) is 0 Å². The van der Waals surface area contributed by atoms with E-state index in [1.165, 1.54) is 0 Å². The van der Waals surface area contributed by atoms with Gasteiger partial charge in [-0.25, -0.2) is 0 Å². The summed E-state index contributed by atoms with van der Waals surface area (Å²) in [5, 5.41) is 3.17. The van der Waals surface area contributed by atoms with Crippen molar-refractivity contribution in [1.82, 2.24) is 5.32 Å². The third-order valence-electron chi connectivity index (χ3n) is 1.74. The number of hydrogen-bond donors (Lipinski definition) is 3. The first kappa shape index (κ1) is 11.3. The third-order valence-corrected chi connectivity index (χ3v) is 1.74. The molecule has 1 atom stereocenters. The van der Waals surface area contributed by atoms with Crippen LogP contribution in [0, 0.1) is 0 Å². The monoisotopic (exact) mass is 169 g/mol. The topological polar surface area (TPSA) is 76.4 Å². The minimum Gasteiger partial charge on any atom is -0.370 e. The molecular weight excluding hydrogens is 151 g/mol. The zero-order valence-corrected chi connectivity index (χ0v) is 7.88. The van der Waals surface area contributed by atoms with Crippen molar-refractivity contribution >= 4 is 13.2 Å². The number of hydrogen-bond acceptors (Lipinski definition) is 2. The number of rotatable bonds is 6. The Morgan fingerprint density at radius 3 is 2.67 bits per heavy atom. The Morgan fingerprint density at radius 2 is 2.25 bits per heavy atom. The highest BCUT2D eigenvalue weighted by atomic mass is 15.0. The summed E-state index contributed by atoms with van der Waals surface area (Å²) in [6.07, 6.45) is 2.08. The van der Waals surface area contributed by atoms with Crippen molar-refractivity contribution in [3.8, 4) is 0 Å². The molecule has 12 heavy (non-hydrogen) atoms. The summed E-state index contributed by atoms with van der Waals surface area (Å²) in [7, 11) is 4.08. The lowest BCUT2D eigenvalue weighted by Gasteiger charge is -2.11. The minimum absolute atomic E-state index is 0.177. The molecule has 0 fully saturated rings. The average molecular weight is 169 g/mol. The minimum atomic E-state index is 0.177. The number of nitrogens with one attached hydrogen (secondary N) is 1. The van der Waals surface area contributed by atoms with Crippen LogP contribution in [0.25, 0.3) is 0 Å². The van der Waals surface area contributed by atoms with Gasteiger partial charge in [0.25, 0.3) is 0 Å². The third kappa shape index (κ3) is 6.03. The Labute approximate surface area is 75.0 Å². The lowest BCUT2D eigenvalue weighted by molar-refractivity contribution is 0.631. The zero-order chi connectivity index (χ0) is 9.40. The van der Waals surface area contributed by atoms with Crippen LogP contribution < -0.4 is 16.8 Å². The normalized spacial score (nSPS) is 12.2. The van der Waals surface area contributed by atoms with Gasteiger partial charge in [0.2, 0.25) is 0 Å². The number of aliphatic imine (C=N–C) groups is 1. The summed E-state index contributed by atoms with van der Waals surface area (Å²) >= 11 is 0. The summed E-state index contributed by atoms with van der Waals surface area (Å²) in [4.78, 5) is 3.90. The van der Waals surface area contributed by atoms with Crippen LogP contribution in [0.15, 0.2) is 4.99 Å². The van der Waals surface area contributed by atoms with Gasteiger partial charge in [-0.05, 0) is 25.8 Å². The van der Waals surface area contributed by atoms with E-state index in [4.69, 9.17) is 11.5 Å². The molecule has 0 aliphatic rings. The van der Waals surface area contributed by atoms with Gasteiger partial charge in [0.15, 0.2) is 5.96 Å². The predicted molar refractivity (Wildman–Crippen MR) is 54.4 cm³/mol. The molecule has 0 rings (SSSR count). The van der Waals surface area contributed by atoms with Gasteiger partial charge in [-0.15, -0.1) is 0 Å². The first-order valence-corrected chi connectivity index (χ1v) is 4.22. The molecular formula is C7H18BN4. The van der Waals surface area contributed by atoms with Gasteiger partial charge in [0.1, 0.15) is 7.28 Å². The van der Waals surface area contributed by atoms with E-state index in [2.05, 4.69) is 17.6 Å². The Bertz CT molecular complexity index is 129. The summed E-state index contributed by atoms with van der Waals surface area (Å²) in [6, 6.07) is 0. The van der Waals surface area contributed by atoms with E-state index < -0.39 is 0 Å². The van der Waals surface area contributed by atoms with Crippen molar-refractivity contribution in [2.24, 2.45) is 16.5 Å². The van der Waals surface area contributed by atoms with Gasteiger partial charge >= 0.3 is 0 Å². The SMILES string of the molecule is C[B]C(CCCN=C(N)N)NC. The molecule has 0 amide bonds. The van der Waals surface area contributed by atoms with Crippen LogP contribution >= 0.6 is 0 Å². The lowest BCUT2D eigenvalue weighted by Crippen LogP contribution is -2.30. The van der Waals surface area contributed by atoms with Crippen LogP contribution in [-0.4, -0.2) is 32.8 Å². The average Bonchev–Trinajstić information content (AvgIpc) is 2.04. The molecule has 0 saturated carbocycles. The second kappa shape index (κ2) is 6.97. The fourth-order valence-corrected chi connectivity index (χ4v) is 0.997. The van der Waals surface area contributed by atoms with E-state index in [-0.39, 0.29) is 5.96 Å². The Balaban J connectivity index is 3.35. The van der Waals surface area contributed by atoms with Crippen LogP contribution in [0.5, 0.6) is 0 Å². The number of nitrogens with two attached hydrogens (primary N) is 2. The molecule has 0 spiro atoms. The molecule has 0 aromatic carbocycles. The van der Waals surface area contributed by atoms with E-state index in [0.717, 1.165) is 12.8 Å². The van der Waals surface area contributed by atoms with Gasteiger partial charge in [-0.3, -0.25) is 4.99 Å². The molecule has 0 aliphatic heterocycles. The van der Waals surface area contributed by atoms with Crippen molar-refractivity contribution in [3.05, 3.63) is 0 Å². The molecule has 0 bridgehead atoms. The van der Waals surface area contributed by atoms with Gasteiger partial charge in [0.05, 0.1) is 0 Å². The first-order chi connectivity index (χ1) is 5.70. The Morgan fingerprint density at radius 1 is 1.58 bits per heavy atom. The maximum atomic E-state index is 5.18. The van der Waals surface area contributed by atoms with Crippen molar-refractivity contribution < 1.29 is 0 Å². The predicted octanol–water partition coefficient (Wildman–Crippen LogP) is -0.662. The van der Waals surface area contributed by atoms with Crippen LogP contribution in [0.1, 0.15) is 12.8 Å². The second-order valence-electron chi connectivity index (χ2n) is 2.68. The van der Waals surface area contributed by atoms with Crippen molar-refractivity contribution in [3.63, 3.8) is 0 Å². The van der Waals surface area contributed by atoms with Crippen molar-refractivity contribution in [2.75, 3.05) is 13.6 Å². The van der Waals surface area contributed by atoms with Crippen LogP contribution in [0.3, 0.4) is 0 Å². The molecule has 1 unspecified atom stereocenters. The van der Waals surface area contributed by atoms with Crippen LogP contribution in [0.2, 0.25) is 6.82 Å². The van der Waals surface area contributed by atoms with Crippen molar-refractivity contribution in [1.29, 1.82) is 0 Å². The summed E-state index contributed by atoms with van der Waals surface area (Å²) < 4.78 is 0. The van der Waals surface area contributed by atoms with E-state index in [1.807, 2.05) is 13.9 Å². The molecule has 1 radical (unpaired) electrons. The Kier molecular flexibility index (Phi) is 6.56. The highest BCUT2D eigenvalue weighted by molar-refractivity contribution is 6.35.